The average molecular weight is 158 g/mol. The normalized spacial score (nSPS) is 23.0. The summed E-state index contributed by atoms with van der Waals surface area (Å²) in [5.41, 5.74) is -0.393. The first kappa shape index (κ1) is 8.53. The van der Waals surface area contributed by atoms with Crippen molar-refractivity contribution < 1.29 is 14.3 Å². The molecule has 3 nitrogen and oxygen atoms in total. The molecule has 11 heavy (non-hydrogen) atoms. The third-order valence-corrected chi connectivity index (χ3v) is 1.88. The summed E-state index contributed by atoms with van der Waals surface area (Å²) in [5.74, 6) is -0.159. The van der Waals surface area contributed by atoms with Crippen molar-refractivity contribution in [2.24, 2.45) is 5.41 Å². The van der Waals surface area contributed by atoms with Crippen molar-refractivity contribution in [3.8, 4) is 0 Å². The number of epoxide rings is 1. The van der Waals surface area contributed by atoms with Crippen LogP contribution in [0.1, 0.15) is 20.3 Å². The van der Waals surface area contributed by atoms with Gasteiger partial charge in [-0.25, -0.2) is 0 Å². The minimum Gasteiger partial charge on any atom is -0.469 e. The molecule has 1 aliphatic rings. The lowest BCUT2D eigenvalue weighted by Gasteiger charge is -2.19. The number of methoxy groups -OCH3 is 1. The summed E-state index contributed by atoms with van der Waals surface area (Å²) in [5, 5.41) is 0. The quantitative estimate of drug-likeness (QED) is 0.454. The number of ether oxygens (including phenoxy) is 2. The number of esters is 1. The molecule has 0 aromatic heterocycles. The van der Waals surface area contributed by atoms with Crippen LogP contribution in [0.5, 0.6) is 0 Å². The zero-order valence-corrected chi connectivity index (χ0v) is 7.22. The fourth-order valence-corrected chi connectivity index (χ4v) is 1.11. The van der Waals surface area contributed by atoms with Crippen LogP contribution in [0, 0.1) is 5.41 Å². The molecule has 1 saturated heterocycles. The summed E-state index contributed by atoms with van der Waals surface area (Å²) in [4.78, 5) is 11.1. The summed E-state index contributed by atoms with van der Waals surface area (Å²) >= 11 is 0. The molecule has 0 aromatic rings. The highest BCUT2D eigenvalue weighted by molar-refractivity contribution is 5.75. The molecule has 1 unspecified atom stereocenters. The van der Waals surface area contributed by atoms with E-state index in [0.29, 0.717) is 0 Å². The second kappa shape index (κ2) is 2.81. The van der Waals surface area contributed by atoms with Gasteiger partial charge in [-0.3, -0.25) is 4.79 Å². The molecular weight excluding hydrogens is 144 g/mol. The van der Waals surface area contributed by atoms with Crippen LogP contribution in [0.15, 0.2) is 0 Å². The molecule has 1 heterocycles. The maximum absolute atomic E-state index is 11.1. The molecule has 0 aliphatic carbocycles. The average Bonchev–Trinajstić information content (AvgIpc) is 2.69. The van der Waals surface area contributed by atoms with Crippen molar-refractivity contribution in [2.75, 3.05) is 13.7 Å². The van der Waals surface area contributed by atoms with E-state index < -0.39 is 5.41 Å². The number of carbonyl (C=O) groups excluding carboxylic acids is 1. The second-order valence-electron chi connectivity index (χ2n) is 3.53. The van der Waals surface area contributed by atoms with Crippen molar-refractivity contribution >= 4 is 5.97 Å². The molecule has 1 fully saturated rings. The van der Waals surface area contributed by atoms with E-state index >= 15 is 0 Å². The van der Waals surface area contributed by atoms with Crippen molar-refractivity contribution in [2.45, 2.75) is 26.4 Å². The van der Waals surface area contributed by atoms with Gasteiger partial charge in [0.25, 0.3) is 0 Å². The van der Waals surface area contributed by atoms with Gasteiger partial charge in [-0.1, -0.05) is 0 Å². The topological polar surface area (TPSA) is 38.8 Å². The number of hydrogen-bond donors (Lipinski definition) is 0. The van der Waals surface area contributed by atoms with Crippen LogP contribution in [0.2, 0.25) is 0 Å². The smallest absolute Gasteiger partial charge is 0.311 e. The SMILES string of the molecule is COC(=O)C(C)(C)CC1CO1. The highest BCUT2D eigenvalue weighted by Gasteiger charge is 2.36. The Hall–Kier alpha value is -0.570. The minimum absolute atomic E-state index is 0.159. The first-order valence-electron chi connectivity index (χ1n) is 3.76. The molecule has 3 heteroatoms. The number of rotatable bonds is 3. The predicted octanol–water partition coefficient (Wildman–Crippen LogP) is 0.974. The molecule has 1 aliphatic heterocycles. The molecule has 1 rings (SSSR count). The van der Waals surface area contributed by atoms with Gasteiger partial charge < -0.3 is 9.47 Å². The Labute approximate surface area is 66.7 Å². The molecule has 1 atom stereocenters. The van der Waals surface area contributed by atoms with E-state index in [2.05, 4.69) is 4.74 Å². The summed E-state index contributed by atoms with van der Waals surface area (Å²) < 4.78 is 9.68. The van der Waals surface area contributed by atoms with E-state index in [-0.39, 0.29) is 12.1 Å². The van der Waals surface area contributed by atoms with E-state index in [9.17, 15) is 4.79 Å². The summed E-state index contributed by atoms with van der Waals surface area (Å²) in [6, 6.07) is 0. The van der Waals surface area contributed by atoms with E-state index in [4.69, 9.17) is 4.74 Å². The Morgan fingerprint density at radius 1 is 1.73 bits per heavy atom. The zero-order valence-electron chi connectivity index (χ0n) is 7.22. The fourth-order valence-electron chi connectivity index (χ4n) is 1.11. The third kappa shape index (κ3) is 2.19. The van der Waals surface area contributed by atoms with Crippen LogP contribution >= 0.6 is 0 Å². The van der Waals surface area contributed by atoms with Crippen LogP contribution in [-0.2, 0) is 14.3 Å². The molecule has 0 bridgehead atoms. The van der Waals surface area contributed by atoms with Crippen LogP contribution in [0.25, 0.3) is 0 Å². The molecule has 64 valence electrons. The van der Waals surface area contributed by atoms with Crippen molar-refractivity contribution in [1.82, 2.24) is 0 Å². The Kier molecular flexibility index (Phi) is 2.18. The van der Waals surface area contributed by atoms with E-state index in [1.54, 1.807) is 0 Å². The maximum atomic E-state index is 11.1. The monoisotopic (exact) mass is 158 g/mol. The van der Waals surface area contributed by atoms with Crippen molar-refractivity contribution in [3.05, 3.63) is 0 Å². The van der Waals surface area contributed by atoms with Crippen molar-refractivity contribution in [1.29, 1.82) is 0 Å². The van der Waals surface area contributed by atoms with Crippen LogP contribution in [0.3, 0.4) is 0 Å². The van der Waals surface area contributed by atoms with E-state index in [0.717, 1.165) is 13.0 Å². The maximum Gasteiger partial charge on any atom is 0.311 e. The summed E-state index contributed by atoms with van der Waals surface area (Å²) in [6.07, 6.45) is 1.05. The molecule has 0 spiro atoms. The van der Waals surface area contributed by atoms with Gasteiger partial charge in [0.2, 0.25) is 0 Å². The molecule has 0 amide bonds. The fraction of sp³-hybridized carbons (Fsp3) is 0.875. The minimum atomic E-state index is -0.393. The van der Waals surface area contributed by atoms with Gasteiger partial charge in [-0.15, -0.1) is 0 Å². The lowest BCUT2D eigenvalue weighted by atomic mass is 9.88. The number of carbonyl (C=O) groups is 1. The van der Waals surface area contributed by atoms with E-state index in [1.165, 1.54) is 7.11 Å². The van der Waals surface area contributed by atoms with Gasteiger partial charge in [0.05, 0.1) is 25.2 Å². The van der Waals surface area contributed by atoms with Gasteiger partial charge in [0.1, 0.15) is 0 Å². The molecule has 0 radical (unpaired) electrons. The zero-order chi connectivity index (χ0) is 8.48. The molecule has 0 saturated carbocycles. The Morgan fingerprint density at radius 2 is 2.27 bits per heavy atom. The van der Waals surface area contributed by atoms with Gasteiger partial charge in [-0.2, -0.15) is 0 Å². The lowest BCUT2D eigenvalue weighted by Crippen LogP contribution is -2.27. The van der Waals surface area contributed by atoms with Crippen LogP contribution < -0.4 is 0 Å². The Bertz CT molecular complexity index is 159. The standard InChI is InChI=1S/C8H14O3/c1-8(2,7(9)10-3)4-6-5-11-6/h6H,4-5H2,1-3H3. The highest BCUT2D eigenvalue weighted by Crippen LogP contribution is 2.29. The van der Waals surface area contributed by atoms with Crippen LogP contribution in [0.4, 0.5) is 0 Å². The van der Waals surface area contributed by atoms with Gasteiger partial charge >= 0.3 is 5.97 Å². The Balaban J connectivity index is 2.42. The lowest BCUT2D eigenvalue weighted by molar-refractivity contribution is -0.151. The number of hydrogen-bond acceptors (Lipinski definition) is 3. The predicted molar refractivity (Wildman–Crippen MR) is 40.2 cm³/mol. The molecular formula is C8H14O3. The van der Waals surface area contributed by atoms with Gasteiger partial charge in [0.15, 0.2) is 0 Å². The van der Waals surface area contributed by atoms with Gasteiger partial charge in [0, 0.05) is 0 Å². The Morgan fingerprint density at radius 3 is 2.64 bits per heavy atom. The van der Waals surface area contributed by atoms with E-state index in [1.807, 2.05) is 13.8 Å². The first-order valence-corrected chi connectivity index (χ1v) is 3.76. The second-order valence-corrected chi connectivity index (χ2v) is 3.53. The van der Waals surface area contributed by atoms with Crippen molar-refractivity contribution in [3.63, 3.8) is 0 Å². The summed E-state index contributed by atoms with van der Waals surface area (Å²) in [7, 11) is 1.41. The van der Waals surface area contributed by atoms with Crippen LogP contribution in [-0.4, -0.2) is 25.8 Å². The van der Waals surface area contributed by atoms with Gasteiger partial charge in [-0.05, 0) is 20.3 Å². The summed E-state index contributed by atoms with van der Waals surface area (Å²) in [6.45, 7) is 4.54. The highest BCUT2D eigenvalue weighted by atomic mass is 16.6. The third-order valence-electron chi connectivity index (χ3n) is 1.88. The molecule has 0 N–H and O–H groups in total. The first-order chi connectivity index (χ1) is 5.06. The molecule has 0 aromatic carbocycles. The largest absolute Gasteiger partial charge is 0.469 e.